The molecule has 1 unspecified atom stereocenters. The number of hydrazone groups is 1. The topological polar surface area (TPSA) is 104 Å². The Balaban J connectivity index is 1.48. The molecular formula is C19H19N5O3S. The van der Waals surface area contributed by atoms with Crippen LogP contribution in [-0.4, -0.2) is 30.9 Å². The monoisotopic (exact) mass is 397 g/mol. The Labute approximate surface area is 166 Å². The quantitative estimate of drug-likeness (QED) is 0.374. The predicted molar refractivity (Wildman–Crippen MR) is 110 cm³/mol. The lowest BCUT2D eigenvalue weighted by Gasteiger charge is -2.10. The Morgan fingerprint density at radius 2 is 2.14 bits per heavy atom. The third-order valence-corrected chi connectivity index (χ3v) is 5.33. The van der Waals surface area contributed by atoms with Gasteiger partial charge in [0.25, 0.3) is 5.91 Å². The summed E-state index contributed by atoms with van der Waals surface area (Å²) in [6.07, 6.45) is 2.45. The molecular weight excluding hydrogens is 378 g/mol. The zero-order valence-corrected chi connectivity index (χ0v) is 15.8. The van der Waals surface area contributed by atoms with Crippen LogP contribution >= 0.6 is 11.9 Å². The van der Waals surface area contributed by atoms with Gasteiger partial charge in [0.1, 0.15) is 5.69 Å². The maximum absolute atomic E-state index is 12.3. The first-order chi connectivity index (χ1) is 13.7. The molecule has 0 spiro atoms. The number of rotatable bonds is 7. The predicted octanol–water partition coefficient (Wildman–Crippen LogP) is 3.63. The lowest BCUT2D eigenvalue weighted by atomic mass is 10.1. The molecule has 2 aromatic rings. The second-order valence-corrected chi connectivity index (χ2v) is 7.39. The van der Waals surface area contributed by atoms with Crippen molar-refractivity contribution in [3.8, 4) is 0 Å². The average Bonchev–Trinajstić information content (AvgIpc) is 3.34. The first-order valence-corrected chi connectivity index (χ1v) is 9.79. The highest BCUT2D eigenvalue weighted by atomic mass is 32.2. The normalized spacial score (nSPS) is 19.5. The molecule has 4 rings (SSSR count). The maximum atomic E-state index is 12.3. The van der Waals surface area contributed by atoms with Crippen LogP contribution in [0, 0.1) is 4.91 Å². The summed E-state index contributed by atoms with van der Waals surface area (Å²) < 4.78 is 8.92. The van der Waals surface area contributed by atoms with E-state index in [1.807, 2.05) is 18.2 Å². The van der Waals surface area contributed by atoms with Gasteiger partial charge in [-0.25, -0.2) is 0 Å². The molecule has 0 aliphatic carbocycles. The van der Waals surface area contributed by atoms with Crippen LogP contribution in [0.2, 0.25) is 0 Å². The fourth-order valence-electron chi connectivity index (χ4n) is 3.09. The van der Waals surface area contributed by atoms with E-state index in [2.05, 4.69) is 25.7 Å². The highest BCUT2D eigenvalue weighted by Crippen LogP contribution is 2.29. The molecule has 2 aliphatic heterocycles. The van der Waals surface area contributed by atoms with Crippen LogP contribution < -0.4 is 15.5 Å². The lowest BCUT2D eigenvalue weighted by molar-refractivity contribution is -0.110. The van der Waals surface area contributed by atoms with Crippen LogP contribution in [0.4, 0.5) is 17.1 Å². The Morgan fingerprint density at radius 1 is 1.25 bits per heavy atom. The van der Waals surface area contributed by atoms with Crippen molar-refractivity contribution in [1.29, 1.82) is 0 Å². The minimum absolute atomic E-state index is 0.230. The maximum Gasteiger partial charge on any atom is 0.276 e. The number of para-hydroxylation sites is 1. The van der Waals surface area contributed by atoms with Crippen molar-refractivity contribution in [2.24, 2.45) is 10.3 Å². The molecule has 1 amide bonds. The number of benzene rings is 2. The number of anilines is 2. The van der Waals surface area contributed by atoms with Gasteiger partial charge in [-0.3, -0.25) is 14.9 Å². The number of nitroso groups, excluding NO2 is 1. The van der Waals surface area contributed by atoms with E-state index in [1.54, 1.807) is 24.3 Å². The van der Waals surface area contributed by atoms with Crippen LogP contribution in [0.1, 0.15) is 18.4 Å². The molecule has 2 aliphatic rings. The molecule has 0 bridgehead atoms. The molecule has 2 heterocycles. The van der Waals surface area contributed by atoms with Crippen LogP contribution in [0.25, 0.3) is 0 Å². The van der Waals surface area contributed by atoms with Gasteiger partial charge in [-0.05, 0) is 60.3 Å². The van der Waals surface area contributed by atoms with Gasteiger partial charge in [0.2, 0.25) is 0 Å². The molecule has 8 nitrogen and oxygen atoms in total. The van der Waals surface area contributed by atoms with Crippen LogP contribution in [0.3, 0.4) is 0 Å². The minimum Gasteiger partial charge on any atom is -0.377 e. The summed E-state index contributed by atoms with van der Waals surface area (Å²) in [5.74, 6) is -0.298. The van der Waals surface area contributed by atoms with Gasteiger partial charge >= 0.3 is 0 Å². The Kier molecular flexibility index (Phi) is 5.65. The zero-order chi connectivity index (χ0) is 19.3. The van der Waals surface area contributed by atoms with E-state index in [4.69, 9.17) is 4.74 Å². The van der Waals surface area contributed by atoms with E-state index in [0.29, 0.717) is 16.9 Å². The molecule has 0 radical (unpaired) electrons. The molecule has 9 heteroatoms. The summed E-state index contributed by atoms with van der Waals surface area (Å²) in [6.45, 7) is 1.61. The van der Waals surface area contributed by atoms with Crippen LogP contribution in [0.5, 0.6) is 0 Å². The zero-order valence-electron chi connectivity index (χ0n) is 15.0. The third kappa shape index (κ3) is 4.06. The molecule has 2 aromatic carbocycles. The van der Waals surface area contributed by atoms with Crippen LogP contribution in [0.15, 0.2) is 57.6 Å². The summed E-state index contributed by atoms with van der Waals surface area (Å²) >= 11 is 1.50. The molecule has 0 saturated carbocycles. The SMILES string of the molecule is O=Nc1ccccc1N/N=C1\C(=O)Nc2ccc(SNCC3CCCO3)cc21. The number of ether oxygens (including phenoxy) is 1. The Hall–Kier alpha value is -2.75. The van der Waals surface area contributed by atoms with Crippen LogP contribution in [-0.2, 0) is 9.53 Å². The van der Waals surface area contributed by atoms with Crippen molar-refractivity contribution >= 4 is 40.6 Å². The van der Waals surface area contributed by atoms with Crippen molar-refractivity contribution < 1.29 is 9.53 Å². The number of hydrogen-bond acceptors (Lipinski definition) is 8. The number of amides is 1. The minimum atomic E-state index is -0.298. The molecule has 1 atom stereocenters. The molecule has 144 valence electrons. The molecule has 3 N–H and O–H groups in total. The second kappa shape index (κ2) is 8.51. The fraction of sp³-hybridized carbons (Fsp3) is 0.263. The van der Waals surface area contributed by atoms with Crippen molar-refractivity contribution in [2.75, 3.05) is 23.9 Å². The average molecular weight is 397 g/mol. The van der Waals surface area contributed by atoms with Crippen molar-refractivity contribution in [1.82, 2.24) is 4.72 Å². The van der Waals surface area contributed by atoms with Gasteiger partial charge in [-0.15, -0.1) is 4.91 Å². The van der Waals surface area contributed by atoms with Gasteiger partial charge in [-0.1, -0.05) is 12.1 Å². The Bertz CT molecular complexity index is 928. The summed E-state index contributed by atoms with van der Waals surface area (Å²) in [5, 5.41) is 9.97. The van der Waals surface area contributed by atoms with Gasteiger partial charge in [-0.2, -0.15) is 5.10 Å². The summed E-state index contributed by atoms with van der Waals surface area (Å²) in [5.41, 5.74) is 5.11. The molecule has 28 heavy (non-hydrogen) atoms. The third-order valence-electron chi connectivity index (χ3n) is 4.52. The van der Waals surface area contributed by atoms with E-state index >= 15 is 0 Å². The fourth-order valence-corrected chi connectivity index (χ4v) is 3.84. The van der Waals surface area contributed by atoms with E-state index in [9.17, 15) is 9.70 Å². The van der Waals surface area contributed by atoms with Gasteiger partial charge < -0.3 is 10.1 Å². The highest BCUT2D eigenvalue weighted by molar-refractivity contribution is 7.97. The summed E-state index contributed by atoms with van der Waals surface area (Å²) in [6, 6.07) is 12.4. The van der Waals surface area contributed by atoms with Crippen molar-refractivity contribution in [2.45, 2.75) is 23.8 Å². The first kappa shape index (κ1) is 18.6. The van der Waals surface area contributed by atoms with Gasteiger partial charge in [0.05, 0.1) is 17.5 Å². The number of carbonyl (C=O) groups is 1. The number of hydrogen-bond donors (Lipinski definition) is 3. The standard InChI is InChI=1S/C19H19N5O3S/c25-19-18(23-22-16-5-1-2-6-17(16)24-26)14-10-13(7-8-15(14)21-19)28-20-11-12-4-3-9-27-12/h1-2,5-8,10,12,20,22H,3-4,9,11H2,(H,21,23,25). The lowest BCUT2D eigenvalue weighted by Crippen LogP contribution is -2.20. The summed E-state index contributed by atoms with van der Waals surface area (Å²) in [7, 11) is 0. The molecule has 1 fully saturated rings. The number of nitrogens with one attached hydrogen (secondary N) is 3. The van der Waals surface area contributed by atoms with Crippen molar-refractivity contribution in [3.63, 3.8) is 0 Å². The van der Waals surface area contributed by atoms with Gasteiger partial charge in [0.15, 0.2) is 5.71 Å². The van der Waals surface area contributed by atoms with E-state index in [1.165, 1.54) is 11.9 Å². The summed E-state index contributed by atoms with van der Waals surface area (Å²) in [4.78, 5) is 24.2. The van der Waals surface area contributed by atoms with E-state index in [-0.39, 0.29) is 23.4 Å². The van der Waals surface area contributed by atoms with Crippen molar-refractivity contribution in [3.05, 3.63) is 52.9 Å². The number of nitrogens with zero attached hydrogens (tertiary/aromatic N) is 2. The number of fused-ring (bicyclic) bond motifs is 1. The largest absolute Gasteiger partial charge is 0.377 e. The molecule has 0 aromatic heterocycles. The second-order valence-electron chi connectivity index (χ2n) is 6.43. The Morgan fingerprint density at radius 3 is 2.96 bits per heavy atom. The van der Waals surface area contributed by atoms with E-state index < -0.39 is 0 Å². The smallest absolute Gasteiger partial charge is 0.276 e. The van der Waals surface area contributed by atoms with E-state index in [0.717, 1.165) is 30.9 Å². The highest BCUT2D eigenvalue weighted by Gasteiger charge is 2.26. The first-order valence-electron chi connectivity index (χ1n) is 8.98. The molecule has 1 saturated heterocycles. The van der Waals surface area contributed by atoms with Gasteiger partial charge in [0, 0.05) is 23.6 Å². The number of carbonyl (C=O) groups excluding carboxylic acids is 1.